The van der Waals surface area contributed by atoms with Crippen molar-refractivity contribution in [2.75, 3.05) is 23.6 Å². The number of carbonyl (C=O) groups excluding carboxylic acids is 2. The van der Waals surface area contributed by atoms with Crippen LogP contribution in [0.1, 0.15) is 5.69 Å². The Morgan fingerprint density at radius 1 is 1.27 bits per heavy atom. The first-order valence-electron chi connectivity index (χ1n) is 6.35. The molecule has 0 saturated heterocycles. The summed E-state index contributed by atoms with van der Waals surface area (Å²) in [6, 6.07) is 7.14. The number of alkyl halides is 1. The third kappa shape index (κ3) is 4.44. The first kappa shape index (κ1) is 16.3. The van der Waals surface area contributed by atoms with Gasteiger partial charge in [0, 0.05) is 5.38 Å². The summed E-state index contributed by atoms with van der Waals surface area (Å²) >= 11 is 6.64. The topological polar surface area (TPSA) is 80.3 Å². The van der Waals surface area contributed by atoms with Gasteiger partial charge >= 0.3 is 0 Å². The van der Waals surface area contributed by atoms with E-state index in [4.69, 9.17) is 16.3 Å². The van der Waals surface area contributed by atoms with Crippen LogP contribution in [0.3, 0.4) is 0 Å². The van der Waals surface area contributed by atoms with Crippen molar-refractivity contribution in [2.24, 2.45) is 0 Å². The fourth-order valence-corrected chi connectivity index (χ4v) is 2.50. The Hall–Kier alpha value is -2.12. The largest absolute Gasteiger partial charge is 0.495 e. The van der Waals surface area contributed by atoms with Crippen LogP contribution in [-0.4, -0.2) is 29.8 Å². The minimum Gasteiger partial charge on any atom is -0.495 e. The number of ether oxygens (including phenoxy) is 1. The van der Waals surface area contributed by atoms with Gasteiger partial charge in [-0.25, -0.2) is 4.98 Å². The molecule has 1 heterocycles. The number of rotatable bonds is 6. The van der Waals surface area contributed by atoms with Crippen molar-refractivity contribution in [1.29, 1.82) is 0 Å². The lowest BCUT2D eigenvalue weighted by Crippen LogP contribution is -2.15. The Morgan fingerprint density at radius 2 is 2.05 bits per heavy atom. The second-order valence-corrected chi connectivity index (χ2v) is 5.38. The summed E-state index contributed by atoms with van der Waals surface area (Å²) in [5.41, 5.74) is 1.17. The molecule has 0 radical (unpaired) electrons. The molecule has 2 aromatic rings. The van der Waals surface area contributed by atoms with Crippen LogP contribution in [0.15, 0.2) is 29.6 Å². The molecule has 0 bridgehead atoms. The zero-order valence-corrected chi connectivity index (χ0v) is 13.3. The summed E-state index contributed by atoms with van der Waals surface area (Å²) < 4.78 is 5.17. The lowest BCUT2D eigenvalue weighted by molar-refractivity contribution is -0.115. The molecular weight excluding hydrogens is 326 g/mol. The van der Waals surface area contributed by atoms with Gasteiger partial charge in [0.15, 0.2) is 5.13 Å². The number of methoxy groups -OCH3 is 1. The van der Waals surface area contributed by atoms with E-state index in [-0.39, 0.29) is 24.1 Å². The molecule has 1 aromatic carbocycles. The van der Waals surface area contributed by atoms with Gasteiger partial charge in [0.1, 0.15) is 11.6 Å². The molecule has 0 aliphatic heterocycles. The van der Waals surface area contributed by atoms with Crippen LogP contribution in [-0.2, 0) is 16.0 Å². The molecule has 0 atom stereocenters. The van der Waals surface area contributed by atoms with Crippen molar-refractivity contribution >= 4 is 45.6 Å². The Kier molecular flexibility index (Phi) is 5.74. The van der Waals surface area contributed by atoms with E-state index >= 15 is 0 Å². The van der Waals surface area contributed by atoms with E-state index < -0.39 is 0 Å². The van der Waals surface area contributed by atoms with Crippen LogP contribution in [0.5, 0.6) is 5.75 Å². The summed E-state index contributed by atoms with van der Waals surface area (Å²) in [5.74, 6) is -0.0984. The highest BCUT2D eigenvalue weighted by molar-refractivity contribution is 7.14. The molecule has 22 heavy (non-hydrogen) atoms. The Labute approximate surface area is 136 Å². The number of nitrogens with one attached hydrogen (secondary N) is 2. The molecule has 1 aromatic heterocycles. The number of hydrogen-bond acceptors (Lipinski definition) is 5. The Balaban J connectivity index is 1.96. The summed E-state index contributed by atoms with van der Waals surface area (Å²) in [7, 11) is 1.54. The van der Waals surface area contributed by atoms with Crippen LogP contribution in [0.25, 0.3) is 0 Å². The molecule has 116 valence electrons. The molecular formula is C14H14ClN3O3S. The van der Waals surface area contributed by atoms with Crippen LogP contribution in [0, 0.1) is 0 Å². The number of anilines is 2. The first-order chi connectivity index (χ1) is 10.6. The first-order valence-corrected chi connectivity index (χ1v) is 7.77. The van der Waals surface area contributed by atoms with Crippen molar-refractivity contribution in [1.82, 2.24) is 4.98 Å². The predicted octanol–water partition coefficient (Wildman–Crippen LogP) is 2.51. The lowest BCUT2D eigenvalue weighted by Gasteiger charge is -2.08. The van der Waals surface area contributed by atoms with Crippen molar-refractivity contribution in [2.45, 2.75) is 6.42 Å². The second-order valence-electron chi connectivity index (χ2n) is 4.25. The Morgan fingerprint density at radius 3 is 2.77 bits per heavy atom. The minimum atomic E-state index is -0.332. The number of amides is 2. The van der Waals surface area contributed by atoms with Crippen molar-refractivity contribution < 1.29 is 14.3 Å². The van der Waals surface area contributed by atoms with Crippen molar-refractivity contribution in [3.8, 4) is 5.75 Å². The number of carbonyl (C=O) groups is 2. The molecule has 0 fully saturated rings. The highest BCUT2D eigenvalue weighted by Gasteiger charge is 2.11. The third-order valence-electron chi connectivity index (χ3n) is 2.64. The number of hydrogen-bond donors (Lipinski definition) is 2. The lowest BCUT2D eigenvalue weighted by atomic mass is 10.2. The van der Waals surface area contributed by atoms with E-state index in [1.165, 1.54) is 18.4 Å². The summed E-state index contributed by atoms with van der Waals surface area (Å²) in [5, 5.41) is 7.44. The third-order valence-corrected chi connectivity index (χ3v) is 3.69. The van der Waals surface area contributed by atoms with E-state index in [0.29, 0.717) is 22.3 Å². The van der Waals surface area contributed by atoms with Crippen LogP contribution < -0.4 is 15.4 Å². The van der Waals surface area contributed by atoms with Crippen LogP contribution in [0.2, 0.25) is 0 Å². The summed E-state index contributed by atoms with van der Waals surface area (Å²) in [6.07, 6.45) is 0.102. The van der Waals surface area contributed by atoms with Gasteiger partial charge < -0.3 is 15.4 Å². The van der Waals surface area contributed by atoms with E-state index in [0.717, 1.165) is 0 Å². The second kappa shape index (κ2) is 7.77. The highest BCUT2D eigenvalue weighted by atomic mass is 35.5. The highest BCUT2D eigenvalue weighted by Crippen LogP contribution is 2.23. The minimum absolute atomic E-state index is 0.102. The van der Waals surface area contributed by atoms with Gasteiger partial charge in [0.05, 0.1) is 24.9 Å². The van der Waals surface area contributed by atoms with E-state index in [9.17, 15) is 9.59 Å². The standard InChI is InChI=1S/C14H14ClN3O3S/c1-21-11-5-3-2-4-10(11)17-12(19)6-9-8-22-14(16-9)18-13(20)7-15/h2-5,8H,6-7H2,1H3,(H,17,19)(H,16,18,20). The van der Waals surface area contributed by atoms with Gasteiger partial charge in [-0.2, -0.15) is 0 Å². The van der Waals surface area contributed by atoms with Crippen molar-refractivity contribution in [3.05, 3.63) is 35.3 Å². The maximum Gasteiger partial charge on any atom is 0.241 e. The fraction of sp³-hybridized carbons (Fsp3) is 0.214. The number of para-hydroxylation sites is 2. The molecule has 2 N–H and O–H groups in total. The average Bonchev–Trinajstić information content (AvgIpc) is 2.94. The normalized spacial score (nSPS) is 10.1. The number of aromatic nitrogens is 1. The van der Waals surface area contributed by atoms with Gasteiger partial charge in [0.2, 0.25) is 11.8 Å². The van der Waals surface area contributed by atoms with Crippen LogP contribution >= 0.6 is 22.9 Å². The molecule has 2 amide bonds. The van der Waals surface area contributed by atoms with E-state index in [2.05, 4.69) is 15.6 Å². The molecule has 0 aliphatic rings. The fourth-order valence-electron chi connectivity index (χ4n) is 1.71. The quantitative estimate of drug-likeness (QED) is 0.792. The number of benzene rings is 1. The predicted molar refractivity (Wildman–Crippen MR) is 86.8 cm³/mol. The number of halogens is 1. The zero-order chi connectivity index (χ0) is 15.9. The van der Waals surface area contributed by atoms with Gasteiger partial charge in [0.25, 0.3) is 0 Å². The number of nitrogens with zero attached hydrogens (tertiary/aromatic N) is 1. The molecule has 6 nitrogen and oxygen atoms in total. The summed E-state index contributed by atoms with van der Waals surface area (Å²) in [6.45, 7) is 0. The molecule has 0 saturated carbocycles. The monoisotopic (exact) mass is 339 g/mol. The molecule has 2 rings (SSSR count). The van der Waals surface area contributed by atoms with Gasteiger partial charge in [-0.15, -0.1) is 22.9 Å². The Bertz CT molecular complexity index is 675. The van der Waals surface area contributed by atoms with E-state index in [1.54, 1.807) is 23.6 Å². The van der Waals surface area contributed by atoms with Gasteiger partial charge in [-0.05, 0) is 12.1 Å². The summed E-state index contributed by atoms with van der Waals surface area (Å²) in [4.78, 5) is 27.3. The van der Waals surface area contributed by atoms with Crippen molar-refractivity contribution in [3.63, 3.8) is 0 Å². The molecule has 0 spiro atoms. The molecule has 0 unspecified atom stereocenters. The smallest absolute Gasteiger partial charge is 0.241 e. The zero-order valence-electron chi connectivity index (χ0n) is 11.8. The maximum atomic E-state index is 12.0. The van der Waals surface area contributed by atoms with Gasteiger partial charge in [-0.3, -0.25) is 9.59 Å². The number of thiazole rings is 1. The average molecular weight is 340 g/mol. The van der Waals surface area contributed by atoms with E-state index in [1.807, 2.05) is 6.07 Å². The van der Waals surface area contributed by atoms with Gasteiger partial charge in [-0.1, -0.05) is 12.1 Å². The van der Waals surface area contributed by atoms with Crippen LogP contribution in [0.4, 0.5) is 10.8 Å². The molecule has 0 aliphatic carbocycles. The molecule has 8 heteroatoms. The SMILES string of the molecule is COc1ccccc1NC(=O)Cc1csc(NC(=O)CCl)n1. The maximum absolute atomic E-state index is 12.0.